The van der Waals surface area contributed by atoms with E-state index in [1.54, 1.807) is 31.2 Å². The van der Waals surface area contributed by atoms with E-state index in [2.05, 4.69) is 10.1 Å². The fourth-order valence-electron chi connectivity index (χ4n) is 2.40. The molecule has 1 amide bonds. The lowest BCUT2D eigenvalue weighted by molar-refractivity contribution is -0.117. The van der Waals surface area contributed by atoms with E-state index < -0.39 is 5.56 Å². The van der Waals surface area contributed by atoms with Crippen molar-refractivity contribution in [3.05, 3.63) is 46.2 Å². The fourth-order valence-corrected chi connectivity index (χ4v) is 2.40. The molecule has 0 atom stereocenters. The number of aromatic nitrogens is 2. The first-order valence-electron chi connectivity index (χ1n) is 6.96. The number of benzene rings is 1. The van der Waals surface area contributed by atoms with Crippen molar-refractivity contribution < 1.29 is 4.79 Å². The monoisotopic (exact) mass is 307 g/mol. The van der Waals surface area contributed by atoms with Crippen molar-refractivity contribution in [3.8, 4) is 17.3 Å². The molecule has 3 rings (SSSR count). The third-order valence-corrected chi connectivity index (χ3v) is 3.53. The number of amides is 1. The molecule has 0 saturated carbocycles. The third-order valence-electron chi connectivity index (χ3n) is 3.53. The van der Waals surface area contributed by atoms with E-state index in [-0.39, 0.29) is 29.5 Å². The van der Waals surface area contributed by atoms with Crippen LogP contribution in [0.4, 0.5) is 5.95 Å². The van der Waals surface area contributed by atoms with E-state index in [0.717, 1.165) is 5.01 Å². The second-order valence-electron chi connectivity index (χ2n) is 5.20. The highest BCUT2D eigenvalue weighted by atomic mass is 16.2. The molecule has 7 nitrogen and oxygen atoms in total. The zero-order valence-electron chi connectivity index (χ0n) is 12.6. The predicted molar refractivity (Wildman–Crippen MR) is 84.8 cm³/mol. The number of rotatable bonds is 2. The highest BCUT2D eigenvalue weighted by molar-refractivity contribution is 6.11. The van der Waals surface area contributed by atoms with Crippen LogP contribution < -0.4 is 10.6 Å². The van der Waals surface area contributed by atoms with Crippen LogP contribution in [0.2, 0.25) is 0 Å². The third kappa shape index (κ3) is 2.40. The van der Waals surface area contributed by atoms with Crippen molar-refractivity contribution >= 4 is 17.6 Å². The summed E-state index contributed by atoms with van der Waals surface area (Å²) >= 11 is 0. The van der Waals surface area contributed by atoms with Crippen molar-refractivity contribution in [1.29, 1.82) is 5.26 Å². The van der Waals surface area contributed by atoms with Crippen LogP contribution in [0.3, 0.4) is 0 Å². The van der Waals surface area contributed by atoms with Gasteiger partial charge in [-0.05, 0) is 6.92 Å². The normalized spacial score (nSPS) is 13.9. The second-order valence-corrected chi connectivity index (χ2v) is 5.20. The summed E-state index contributed by atoms with van der Waals surface area (Å²) in [6, 6.07) is 10.8. The molecular weight excluding hydrogens is 294 g/mol. The van der Waals surface area contributed by atoms with Gasteiger partial charge < -0.3 is 0 Å². The summed E-state index contributed by atoms with van der Waals surface area (Å²) in [6.07, 6.45) is 0.191. The Bertz CT molecular complexity index is 922. The predicted octanol–water partition coefficient (Wildman–Crippen LogP) is 1.43. The molecule has 1 aromatic carbocycles. The minimum atomic E-state index is -0.510. The van der Waals surface area contributed by atoms with Crippen molar-refractivity contribution in [2.45, 2.75) is 13.3 Å². The zero-order valence-corrected chi connectivity index (χ0v) is 12.6. The van der Waals surface area contributed by atoms with E-state index in [1.165, 1.54) is 11.6 Å². The summed E-state index contributed by atoms with van der Waals surface area (Å²) in [7, 11) is 1.47. The van der Waals surface area contributed by atoms with Gasteiger partial charge in [-0.3, -0.25) is 14.2 Å². The van der Waals surface area contributed by atoms with Gasteiger partial charge in [-0.2, -0.15) is 15.4 Å². The molecule has 1 aromatic heterocycles. The maximum absolute atomic E-state index is 12.5. The molecule has 2 aromatic rings. The Morgan fingerprint density at radius 2 is 1.91 bits per heavy atom. The van der Waals surface area contributed by atoms with Crippen molar-refractivity contribution in [2.24, 2.45) is 12.1 Å². The number of hydrogen-bond acceptors (Lipinski definition) is 5. The standard InChI is InChI=1S/C16H13N5O2/c1-10-8-13(22)21(19-10)16-18-14(11-6-4-3-5-7-11)12(9-17)15(23)20(16)2/h3-7H,8H2,1-2H3. The Balaban J connectivity index is 2.28. The molecule has 0 aliphatic carbocycles. The number of carbonyl (C=O) groups excluding carboxylic acids is 1. The van der Waals surface area contributed by atoms with Gasteiger partial charge in [-0.1, -0.05) is 30.3 Å². The summed E-state index contributed by atoms with van der Waals surface area (Å²) in [5.74, 6) is -0.150. The Labute approximate surface area is 132 Å². The molecule has 2 heterocycles. The largest absolute Gasteiger partial charge is 0.279 e. The van der Waals surface area contributed by atoms with Gasteiger partial charge in [-0.25, -0.2) is 4.98 Å². The molecule has 114 valence electrons. The summed E-state index contributed by atoms with van der Waals surface area (Å²) in [5, 5.41) is 14.6. The van der Waals surface area contributed by atoms with Gasteiger partial charge in [0.25, 0.3) is 11.5 Å². The average Bonchev–Trinajstić information content (AvgIpc) is 2.89. The van der Waals surface area contributed by atoms with E-state index >= 15 is 0 Å². The lowest BCUT2D eigenvalue weighted by Crippen LogP contribution is -2.31. The molecule has 23 heavy (non-hydrogen) atoms. The van der Waals surface area contributed by atoms with Crippen LogP contribution in [0.1, 0.15) is 18.9 Å². The number of anilines is 1. The molecule has 0 unspecified atom stereocenters. The summed E-state index contributed by atoms with van der Waals surface area (Å²) in [6.45, 7) is 1.73. The SMILES string of the molecule is CC1=NN(c2nc(-c3ccccc3)c(C#N)c(=O)n2C)C(=O)C1. The fraction of sp³-hybridized carbons (Fsp3) is 0.188. The van der Waals surface area contributed by atoms with Crippen LogP contribution in [-0.2, 0) is 11.8 Å². The number of nitrogens with zero attached hydrogens (tertiary/aromatic N) is 5. The molecule has 0 N–H and O–H groups in total. The first kappa shape index (κ1) is 14.7. The quantitative estimate of drug-likeness (QED) is 0.839. The van der Waals surface area contributed by atoms with Crippen molar-refractivity contribution in [3.63, 3.8) is 0 Å². The van der Waals surface area contributed by atoms with Crippen LogP contribution in [0.15, 0.2) is 40.2 Å². The highest BCUT2D eigenvalue weighted by Crippen LogP contribution is 2.24. The minimum Gasteiger partial charge on any atom is -0.279 e. The second kappa shape index (κ2) is 5.50. The summed E-state index contributed by atoms with van der Waals surface area (Å²) < 4.78 is 1.17. The van der Waals surface area contributed by atoms with E-state index in [1.807, 2.05) is 12.1 Å². The van der Waals surface area contributed by atoms with Gasteiger partial charge in [0, 0.05) is 18.3 Å². The molecule has 0 fully saturated rings. The van der Waals surface area contributed by atoms with Gasteiger partial charge in [-0.15, -0.1) is 0 Å². The summed E-state index contributed by atoms with van der Waals surface area (Å²) in [4.78, 5) is 28.9. The minimum absolute atomic E-state index is 0.0604. The Kier molecular flexibility index (Phi) is 3.50. The molecule has 0 spiro atoms. The van der Waals surface area contributed by atoms with Gasteiger partial charge in [0.1, 0.15) is 11.6 Å². The van der Waals surface area contributed by atoms with E-state index in [0.29, 0.717) is 11.3 Å². The average molecular weight is 307 g/mol. The lowest BCUT2D eigenvalue weighted by atomic mass is 10.1. The van der Waals surface area contributed by atoms with Crippen LogP contribution in [0, 0.1) is 11.3 Å². The van der Waals surface area contributed by atoms with Crippen molar-refractivity contribution in [2.75, 3.05) is 5.01 Å². The van der Waals surface area contributed by atoms with Gasteiger partial charge >= 0.3 is 0 Å². The first-order chi connectivity index (χ1) is 11.0. The highest BCUT2D eigenvalue weighted by Gasteiger charge is 2.28. The lowest BCUT2D eigenvalue weighted by Gasteiger charge is -2.16. The summed E-state index contributed by atoms with van der Waals surface area (Å²) in [5.41, 5.74) is 0.961. The zero-order chi connectivity index (χ0) is 16.6. The van der Waals surface area contributed by atoms with Crippen molar-refractivity contribution in [1.82, 2.24) is 9.55 Å². The van der Waals surface area contributed by atoms with Crippen LogP contribution in [0.25, 0.3) is 11.3 Å². The number of hydrogen-bond donors (Lipinski definition) is 0. The first-order valence-corrected chi connectivity index (χ1v) is 6.96. The number of hydrazone groups is 1. The van der Waals surface area contributed by atoms with Gasteiger partial charge in [0.15, 0.2) is 0 Å². The van der Waals surface area contributed by atoms with Gasteiger partial charge in [0.2, 0.25) is 5.95 Å². The molecule has 1 aliphatic rings. The van der Waals surface area contributed by atoms with E-state index in [9.17, 15) is 14.9 Å². The van der Waals surface area contributed by atoms with Gasteiger partial charge in [0.05, 0.1) is 12.1 Å². The molecular formula is C16H13N5O2. The molecule has 0 radical (unpaired) electrons. The van der Waals surface area contributed by atoms with Crippen LogP contribution >= 0.6 is 0 Å². The number of nitriles is 1. The maximum atomic E-state index is 12.5. The Morgan fingerprint density at radius 3 is 2.48 bits per heavy atom. The van der Waals surface area contributed by atoms with Crippen LogP contribution in [0.5, 0.6) is 0 Å². The smallest absolute Gasteiger partial charge is 0.273 e. The van der Waals surface area contributed by atoms with E-state index in [4.69, 9.17) is 0 Å². The molecule has 7 heteroatoms. The number of carbonyl (C=O) groups is 1. The Morgan fingerprint density at radius 1 is 1.22 bits per heavy atom. The Hall–Kier alpha value is -3.27. The maximum Gasteiger partial charge on any atom is 0.273 e. The molecule has 1 aliphatic heterocycles. The molecule has 0 bridgehead atoms. The topological polar surface area (TPSA) is 91.3 Å². The molecule has 0 saturated heterocycles. The van der Waals surface area contributed by atoms with Crippen LogP contribution in [-0.4, -0.2) is 21.2 Å².